The van der Waals surface area contributed by atoms with Gasteiger partial charge in [0.25, 0.3) is 0 Å². The minimum atomic E-state index is 0.426. The molecule has 0 amide bonds. The number of rotatable bonds is 7. The second-order valence-electron chi connectivity index (χ2n) is 4.63. The molecule has 1 aromatic heterocycles. The molecule has 2 N–H and O–H groups in total. The Morgan fingerprint density at radius 1 is 1.38 bits per heavy atom. The number of hydrogen-bond donors (Lipinski definition) is 1. The maximum Gasteiger partial charge on any atom is 0.165 e. The fraction of sp³-hybridized carbons (Fsp3) is 0.400. The van der Waals surface area contributed by atoms with Crippen molar-refractivity contribution in [3.63, 3.8) is 0 Å². The van der Waals surface area contributed by atoms with Gasteiger partial charge in [0.1, 0.15) is 6.61 Å². The molecule has 0 radical (unpaired) electrons. The van der Waals surface area contributed by atoms with E-state index in [9.17, 15) is 0 Å². The third kappa shape index (κ3) is 3.89. The highest BCUT2D eigenvalue weighted by atomic mass is 35.5. The van der Waals surface area contributed by atoms with Crippen molar-refractivity contribution in [2.75, 3.05) is 13.7 Å². The van der Waals surface area contributed by atoms with E-state index in [0.29, 0.717) is 36.1 Å². The fourth-order valence-corrected chi connectivity index (χ4v) is 2.32. The first-order valence-electron chi connectivity index (χ1n) is 6.88. The predicted molar refractivity (Wildman–Crippen MR) is 83.0 cm³/mol. The first-order chi connectivity index (χ1) is 10.2. The minimum absolute atomic E-state index is 0.426. The van der Waals surface area contributed by atoms with E-state index in [1.54, 1.807) is 19.4 Å². The zero-order chi connectivity index (χ0) is 15.2. The average Bonchev–Trinajstić information content (AvgIpc) is 2.94. The highest BCUT2D eigenvalue weighted by molar-refractivity contribution is 6.30. The van der Waals surface area contributed by atoms with Gasteiger partial charge in [-0.1, -0.05) is 11.6 Å². The molecule has 0 unspecified atom stereocenters. The number of hydrogen-bond acceptors (Lipinski definition) is 4. The number of ether oxygens (including phenoxy) is 2. The number of halogens is 1. The van der Waals surface area contributed by atoms with Gasteiger partial charge < -0.3 is 15.2 Å². The summed E-state index contributed by atoms with van der Waals surface area (Å²) >= 11 is 6.09. The summed E-state index contributed by atoms with van der Waals surface area (Å²) in [6.45, 7) is 3.82. The molecule has 0 atom stereocenters. The van der Waals surface area contributed by atoms with Crippen LogP contribution < -0.4 is 15.2 Å². The Labute approximate surface area is 129 Å². The average molecular weight is 310 g/mol. The smallest absolute Gasteiger partial charge is 0.165 e. The third-order valence-corrected chi connectivity index (χ3v) is 3.34. The van der Waals surface area contributed by atoms with E-state index < -0.39 is 0 Å². The van der Waals surface area contributed by atoms with Gasteiger partial charge in [-0.3, -0.25) is 4.68 Å². The van der Waals surface area contributed by atoms with Crippen LogP contribution in [0.15, 0.2) is 24.5 Å². The van der Waals surface area contributed by atoms with E-state index in [4.69, 9.17) is 26.8 Å². The van der Waals surface area contributed by atoms with E-state index in [1.165, 1.54) is 0 Å². The molecular formula is C15H20ClN3O2. The molecule has 0 bridgehead atoms. The number of benzene rings is 1. The van der Waals surface area contributed by atoms with E-state index in [-0.39, 0.29) is 0 Å². The lowest BCUT2D eigenvalue weighted by Crippen LogP contribution is -2.06. The molecule has 2 rings (SSSR count). The van der Waals surface area contributed by atoms with Crippen molar-refractivity contribution in [3.8, 4) is 11.5 Å². The first-order valence-corrected chi connectivity index (χ1v) is 7.26. The van der Waals surface area contributed by atoms with Gasteiger partial charge in [-0.05, 0) is 26.0 Å². The number of aryl methyl sites for hydroxylation is 1. The first kappa shape index (κ1) is 15.7. The van der Waals surface area contributed by atoms with E-state index >= 15 is 0 Å². The van der Waals surface area contributed by atoms with Crippen LogP contribution in [0.4, 0.5) is 0 Å². The second-order valence-corrected chi connectivity index (χ2v) is 5.06. The van der Waals surface area contributed by atoms with Crippen LogP contribution in [-0.2, 0) is 19.6 Å². The Bertz CT molecular complexity index is 599. The zero-order valence-electron chi connectivity index (χ0n) is 12.3. The lowest BCUT2D eigenvalue weighted by molar-refractivity contribution is 0.281. The van der Waals surface area contributed by atoms with Crippen LogP contribution in [0.2, 0.25) is 5.02 Å². The van der Waals surface area contributed by atoms with Crippen LogP contribution in [0, 0.1) is 0 Å². The molecule has 0 saturated carbocycles. The molecule has 0 aliphatic rings. The van der Waals surface area contributed by atoms with Crippen molar-refractivity contribution in [1.29, 1.82) is 0 Å². The Balaban J connectivity index is 2.20. The lowest BCUT2D eigenvalue weighted by Gasteiger charge is -2.15. The summed E-state index contributed by atoms with van der Waals surface area (Å²) in [6.07, 6.45) is 4.44. The molecule has 1 aromatic carbocycles. The monoisotopic (exact) mass is 309 g/mol. The van der Waals surface area contributed by atoms with Crippen molar-refractivity contribution >= 4 is 11.6 Å². The molecule has 2 aromatic rings. The van der Waals surface area contributed by atoms with Gasteiger partial charge in [-0.15, -0.1) is 0 Å². The van der Waals surface area contributed by atoms with Gasteiger partial charge in [-0.25, -0.2) is 0 Å². The molecule has 5 nitrogen and oxygen atoms in total. The molecule has 0 aliphatic heterocycles. The highest BCUT2D eigenvalue weighted by Crippen LogP contribution is 2.35. The van der Waals surface area contributed by atoms with Gasteiger partial charge in [0.2, 0.25) is 0 Å². The molecule has 0 spiro atoms. The van der Waals surface area contributed by atoms with E-state index in [2.05, 4.69) is 5.10 Å². The summed E-state index contributed by atoms with van der Waals surface area (Å²) < 4.78 is 13.1. The summed E-state index contributed by atoms with van der Waals surface area (Å²) in [6, 6.07) is 3.61. The summed E-state index contributed by atoms with van der Waals surface area (Å²) in [4.78, 5) is 0. The maximum absolute atomic E-state index is 6.09. The molecule has 114 valence electrons. The molecule has 1 heterocycles. The van der Waals surface area contributed by atoms with Gasteiger partial charge >= 0.3 is 0 Å². The van der Waals surface area contributed by atoms with Gasteiger partial charge in [0.15, 0.2) is 11.5 Å². The standard InChI is InChI=1S/C15H20ClN3O2/c1-3-19-9-11(8-18-19)10-21-15-12(4-5-17)6-13(16)7-14(15)20-2/h6-9H,3-5,10,17H2,1-2H3. The molecule has 0 saturated heterocycles. The predicted octanol–water partition coefficient (Wildman–Crippen LogP) is 2.65. The van der Waals surface area contributed by atoms with Crippen LogP contribution in [0.5, 0.6) is 11.5 Å². The Morgan fingerprint density at radius 2 is 2.19 bits per heavy atom. The maximum atomic E-state index is 6.09. The van der Waals surface area contributed by atoms with E-state index in [1.807, 2.05) is 23.9 Å². The van der Waals surface area contributed by atoms with Crippen LogP contribution in [0.3, 0.4) is 0 Å². The van der Waals surface area contributed by atoms with Gasteiger partial charge in [-0.2, -0.15) is 5.10 Å². The van der Waals surface area contributed by atoms with Crippen LogP contribution in [0.25, 0.3) is 0 Å². The molecule has 0 fully saturated rings. The number of nitrogens with two attached hydrogens (primary N) is 1. The number of nitrogens with zero attached hydrogens (tertiary/aromatic N) is 2. The molecular weight excluding hydrogens is 290 g/mol. The SMILES string of the molecule is CCn1cc(COc2c(CCN)cc(Cl)cc2OC)cn1. The number of methoxy groups -OCH3 is 1. The normalized spacial score (nSPS) is 10.7. The van der Waals surface area contributed by atoms with Gasteiger partial charge in [0.05, 0.1) is 13.3 Å². The summed E-state index contributed by atoms with van der Waals surface area (Å²) in [5, 5.41) is 4.84. The largest absolute Gasteiger partial charge is 0.493 e. The Hall–Kier alpha value is -1.72. The quantitative estimate of drug-likeness (QED) is 0.854. The molecule has 21 heavy (non-hydrogen) atoms. The van der Waals surface area contributed by atoms with E-state index in [0.717, 1.165) is 17.7 Å². The van der Waals surface area contributed by atoms with Crippen molar-refractivity contribution in [2.45, 2.75) is 26.5 Å². The third-order valence-electron chi connectivity index (χ3n) is 3.12. The molecule has 0 aliphatic carbocycles. The summed E-state index contributed by atoms with van der Waals surface area (Å²) in [5.74, 6) is 1.31. The summed E-state index contributed by atoms with van der Waals surface area (Å²) in [5.41, 5.74) is 7.60. The minimum Gasteiger partial charge on any atom is -0.493 e. The Kier molecular flexibility index (Phi) is 5.47. The number of aromatic nitrogens is 2. The zero-order valence-corrected chi connectivity index (χ0v) is 13.1. The van der Waals surface area contributed by atoms with Crippen molar-refractivity contribution < 1.29 is 9.47 Å². The van der Waals surface area contributed by atoms with Crippen molar-refractivity contribution in [2.24, 2.45) is 5.73 Å². The Morgan fingerprint density at radius 3 is 2.81 bits per heavy atom. The second kappa shape index (κ2) is 7.33. The topological polar surface area (TPSA) is 62.3 Å². The van der Waals surface area contributed by atoms with Crippen molar-refractivity contribution in [1.82, 2.24) is 9.78 Å². The lowest BCUT2D eigenvalue weighted by atomic mass is 10.1. The molecule has 6 heteroatoms. The highest BCUT2D eigenvalue weighted by Gasteiger charge is 2.13. The van der Waals surface area contributed by atoms with Crippen LogP contribution >= 0.6 is 11.6 Å². The summed E-state index contributed by atoms with van der Waals surface area (Å²) in [7, 11) is 1.60. The van der Waals surface area contributed by atoms with Crippen LogP contribution in [-0.4, -0.2) is 23.4 Å². The van der Waals surface area contributed by atoms with Crippen molar-refractivity contribution in [3.05, 3.63) is 40.7 Å². The van der Waals surface area contributed by atoms with Gasteiger partial charge in [0, 0.05) is 35.0 Å². The fourth-order valence-electron chi connectivity index (χ4n) is 2.09. The van der Waals surface area contributed by atoms with Crippen LogP contribution in [0.1, 0.15) is 18.1 Å².